The van der Waals surface area contributed by atoms with E-state index < -0.39 is 0 Å². The molecular weight excluding hydrogens is 328 g/mol. The molecule has 25 heavy (non-hydrogen) atoms. The van der Waals surface area contributed by atoms with Crippen molar-refractivity contribution in [3.05, 3.63) is 58.3 Å². The summed E-state index contributed by atoms with van der Waals surface area (Å²) < 4.78 is 0. The first kappa shape index (κ1) is 18.2. The van der Waals surface area contributed by atoms with Crippen molar-refractivity contribution < 1.29 is 4.79 Å². The summed E-state index contributed by atoms with van der Waals surface area (Å²) in [6.45, 7) is 3.28. The Morgan fingerprint density at radius 1 is 1.16 bits per heavy atom. The predicted octanol–water partition coefficient (Wildman–Crippen LogP) is 3.89. The third-order valence-corrected chi connectivity index (χ3v) is 5.61. The van der Waals surface area contributed by atoms with E-state index in [2.05, 4.69) is 57.4 Å². The molecule has 0 saturated carbocycles. The zero-order chi connectivity index (χ0) is 17.3. The van der Waals surface area contributed by atoms with E-state index in [1.807, 2.05) is 0 Å². The van der Waals surface area contributed by atoms with Crippen LogP contribution in [0, 0.1) is 0 Å². The van der Waals surface area contributed by atoms with Gasteiger partial charge in [0.25, 0.3) is 0 Å². The summed E-state index contributed by atoms with van der Waals surface area (Å²) in [4.78, 5) is 14.7. The predicted molar refractivity (Wildman–Crippen MR) is 105 cm³/mol. The van der Waals surface area contributed by atoms with Crippen LogP contribution in [0.15, 0.2) is 47.2 Å². The van der Waals surface area contributed by atoms with Gasteiger partial charge in [0.1, 0.15) is 0 Å². The summed E-state index contributed by atoms with van der Waals surface area (Å²) in [7, 11) is 0. The lowest BCUT2D eigenvalue weighted by atomic mass is 10.0. The highest BCUT2D eigenvalue weighted by Crippen LogP contribution is 2.13. The van der Waals surface area contributed by atoms with Crippen LogP contribution in [0.25, 0.3) is 0 Å². The molecule has 3 nitrogen and oxygen atoms in total. The van der Waals surface area contributed by atoms with Crippen molar-refractivity contribution in [3.63, 3.8) is 0 Å². The largest absolute Gasteiger partial charge is 0.352 e. The van der Waals surface area contributed by atoms with Crippen molar-refractivity contribution in [2.75, 3.05) is 19.6 Å². The second-order valence-corrected chi connectivity index (χ2v) is 7.71. The second-order valence-electron chi connectivity index (χ2n) is 6.93. The Labute approximate surface area is 155 Å². The molecule has 1 amide bonds. The maximum Gasteiger partial charge on any atom is 0.220 e. The van der Waals surface area contributed by atoms with Gasteiger partial charge in [-0.1, -0.05) is 30.3 Å². The lowest BCUT2D eigenvalue weighted by molar-refractivity contribution is -0.122. The van der Waals surface area contributed by atoms with Crippen LogP contribution in [0.3, 0.4) is 0 Å². The number of thiophene rings is 1. The van der Waals surface area contributed by atoms with Gasteiger partial charge in [-0.25, -0.2) is 0 Å². The van der Waals surface area contributed by atoms with Gasteiger partial charge in [0.05, 0.1) is 0 Å². The smallest absolute Gasteiger partial charge is 0.220 e. The van der Waals surface area contributed by atoms with Gasteiger partial charge in [0.15, 0.2) is 0 Å². The Kier molecular flexibility index (Phi) is 7.07. The number of piperidine rings is 1. The molecule has 0 aliphatic carbocycles. The van der Waals surface area contributed by atoms with E-state index in [-0.39, 0.29) is 5.91 Å². The number of likely N-dealkylation sites (tertiary alicyclic amines) is 1. The van der Waals surface area contributed by atoms with Crippen molar-refractivity contribution in [3.8, 4) is 0 Å². The highest BCUT2D eigenvalue weighted by atomic mass is 32.1. The molecule has 1 N–H and O–H groups in total. The minimum atomic E-state index is 0.197. The second kappa shape index (κ2) is 9.73. The minimum absolute atomic E-state index is 0.197. The van der Waals surface area contributed by atoms with Crippen LogP contribution in [0.2, 0.25) is 0 Å². The van der Waals surface area contributed by atoms with Crippen LogP contribution in [-0.4, -0.2) is 36.5 Å². The first-order valence-electron chi connectivity index (χ1n) is 9.36. The molecule has 1 atom stereocenters. The number of hydrogen-bond acceptors (Lipinski definition) is 3. The Morgan fingerprint density at radius 3 is 2.84 bits per heavy atom. The lowest BCUT2D eigenvalue weighted by Crippen LogP contribution is -2.48. The van der Waals surface area contributed by atoms with E-state index in [4.69, 9.17) is 0 Å². The molecule has 134 valence electrons. The Bertz CT molecular complexity index is 627. The molecule has 1 aromatic heterocycles. The standard InChI is InChI=1S/C21H28N2OS/c24-21(11-10-19-12-15-25-17-19)22-20-9-5-14-23(16-20)13-4-8-18-6-2-1-3-7-18/h1-3,6-7,12,15,17,20H,4-5,8-11,13-14,16H2,(H,22,24)/t20-/m1/s1. The number of hydrogen-bond donors (Lipinski definition) is 1. The molecule has 1 aromatic carbocycles. The average Bonchev–Trinajstić information content (AvgIpc) is 3.15. The molecule has 1 aliphatic rings. The Hall–Kier alpha value is -1.65. The maximum atomic E-state index is 12.2. The minimum Gasteiger partial charge on any atom is -0.352 e. The highest BCUT2D eigenvalue weighted by Gasteiger charge is 2.20. The van der Waals surface area contributed by atoms with Crippen molar-refractivity contribution >= 4 is 17.2 Å². The fourth-order valence-electron chi connectivity index (χ4n) is 3.52. The van der Waals surface area contributed by atoms with Gasteiger partial charge in [-0.15, -0.1) is 0 Å². The number of nitrogens with zero attached hydrogens (tertiary/aromatic N) is 1. The Morgan fingerprint density at radius 2 is 2.04 bits per heavy atom. The van der Waals surface area contributed by atoms with Crippen LogP contribution < -0.4 is 5.32 Å². The first-order chi connectivity index (χ1) is 12.3. The molecule has 0 bridgehead atoms. The van der Waals surface area contributed by atoms with Crippen molar-refractivity contribution in [2.45, 2.75) is 44.6 Å². The van der Waals surface area contributed by atoms with E-state index in [0.29, 0.717) is 12.5 Å². The molecule has 0 spiro atoms. The molecule has 0 unspecified atom stereocenters. The third kappa shape index (κ3) is 6.29. The van der Waals surface area contributed by atoms with E-state index in [0.717, 1.165) is 38.9 Å². The zero-order valence-corrected chi connectivity index (χ0v) is 15.6. The molecular formula is C21H28N2OS. The topological polar surface area (TPSA) is 32.3 Å². The van der Waals surface area contributed by atoms with E-state index >= 15 is 0 Å². The Balaban J connectivity index is 1.35. The molecule has 4 heteroatoms. The van der Waals surface area contributed by atoms with Gasteiger partial charge < -0.3 is 10.2 Å². The number of nitrogens with one attached hydrogen (secondary N) is 1. The molecule has 1 fully saturated rings. The summed E-state index contributed by atoms with van der Waals surface area (Å²) >= 11 is 1.69. The SMILES string of the molecule is O=C(CCc1ccsc1)N[C@@H]1CCCN(CCCc2ccccc2)C1. The van der Waals surface area contributed by atoms with Crippen LogP contribution >= 0.6 is 11.3 Å². The third-order valence-electron chi connectivity index (χ3n) is 4.87. The summed E-state index contributed by atoms with van der Waals surface area (Å²) in [6, 6.07) is 13.1. The number of benzene rings is 1. The van der Waals surface area contributed by atoms with Crippen LogP contribution in [0.4, 0.5) is 0 Å². The number of carbonyl (C=O) groups excluding carboxylic acids is 1. The van der Waals surface area contributed by atoms with Gasteiger partial charge in [-0.3, -0.25) is 4.79 Å². The van der Waals surface area contributed by atoms with Gasteiger partial charge >= 0.3 is 0 Å². The molecule has 3 rings (SSSR count). The molecule has 1 aliphatic heterocycles. The summed E-state index contributed by atoms with van der Waals surface area (Å²) in [5.74, 6) is 0.197. The molecule has 2 aromatic rings. The molecule has 2 heterocycles. The summed E-state index contributed by atoms with van der Waals surface area (Å²) in [5.41, 5.74) is 2.68. The fraction of sp³-hybridized carbons (Fsp3) is 0.476. The van der Waals surface area contributed by atoms with Crippen molar-refractivity contribution in [2.24, 2.45) is 0 Å². The monoisotopic (exact) mass is 356 g/mol. The van der Waals surface area contributed by atoms with Gasteiger partial charge in [0.2, 0.25) is 5.91 Å². The van der Waals surface area contributed by atoms with E-state index in [1.54, 1.807) is 11.3 Å². The van der Waals surface area contributed by atoms with Crippen molar-refractivity contribution in [1.82, 2.24) is 10.2 Å². The molecule has 1 saturated heterocycles. The number of rotatable bonds is 8. The van der Waals surface area contributed by atoms with E-state index in [1.165, 1.54) is 24.0 Å². The average molecular weight is 357 g/mol. The number of carbonyl (C=O) groups is 1. The van der Waals surface area contributed by atoms with Crippen molar-refractivity contribution in [1.29, 1.82) is 0 Å². The van der Waals surface area contributed by atoms with Gasteiger partial charge in [0, 0.05) is 19.0 Å². The quantitative estimate of drug-likeness (QED) is 0.778. The summed E-state index contributed by atoms with van der Waals surface area (Å²) in [5, 5.41) is 7.44. The van der Waals surface area contributed by atoms with Gasteiger partial charge in [-0.2, -0.15) is 11.3 Å². The first-order valence-corrected chi connectivity index (χ1v) is 10.3. The lowest BCUT2D eigenvalue weighted by Gasteiger charge is -2.33. The fourth-order valence-corrected chi connectivity index (χ4v) is 4.22. The zero-order valence-electron chi connectivity index (χ0n) is 14.8. The molecule has 0 radical (unpaired) electrons. The van der Waals surface area contributed by atoms with Crippen LogP contribution in [0.1, 0.15) is 36.8 Å². The maximum absolute atomic E-state index is 12.2. The highest BCUT2D eigenvalue weighted by molar-refractivity contribution is 7.07. The normalized spacial score (nSPS) is 18.2. The van der Waals surface area contributed by atoms with Crippen LogP contribution in [0.5, 0.6) is 0 Å². The number of aryl methyl sites for hydroxylation is 2. The van der Waals surface area contributed by atoms with Crippen LogP contribution in [-0.2, 0) is 17.6 Å². The summed E-state index contributed by atoms with van der Waals surface area (Å²) in [6.07, 6.45) is 6.06. The number of amides is 1. The van der Waals surface area contributed by atoms with Gasteiger partial charge in [-0.05, 0) is 73.1 Å². The van der Waals surface area contributed by atoms with E-state index in [9.17, 15) is 4.79 Å².